The molecule has 0 saturated carbocycles. The summed E-state index contributed by atoms with van der Waals surface area (Å²) in [5.74, 6) is 1.81. The van der Waals surface area contributed by atoms with Crippen molar-refractivity contribution in [1.82, 2.24) is 15.0 Å². The van der Waals surface area contributed by atoms with Gasteiger partial charge in [0.25, 0.3) is 0 Å². The second-order valence-electron chi connectivity index (χ2n) is 4.31. The molecule has 5 heteroatoms. The van der Waals surface area contributed by atoms with Gasteiger partial charge in [-0.15, -0.1) is 0 Å². The molecule has 5 nitrogen and oxygen atoms in total. The molecule has 0 aromatic carbocycles. The highest BCUT2D eigenvalue weighted by Crippen LogP contribution is 2.28. The van der Waals surface area contributed by atoms with Gasteiger partial charge >= 0.3 is 0 Å². The number of imidazole rings is 1. The molecule has 2 unspecified atom stereocenters. The standard InChI is InChI=1S/C11H14N4O/c1-6-4-7(5-16-6)10-13-8-2-3-9(12)14-11(8)15-10/h2-3,6-7H,4-5H2,1H3,(H3,12,13,14,15). The minimum atomic E-state index is 0.316. The monoisotopic (exact) mass is 218 g/mol. The van der Waals surface area contributed by atoms with Gasteiger partial charge in [0.05, 0.1) is 18.2 Å². The van der Waals surface area contributed by atoms with Gasteiger partial charge in [-0.05, 0) is 25.5 Å². The Morgan fingerprint density at radius 1 is 1.44 bits per heavy atom. The van der Waals surface area contributed by atoms with Crippen LogP contribution in [-0.2, 0) is 4.74 Å². The number of rotatable bonds is 1. The predicted molar refractivity (Wildman–Crippen MR) is 61.1 cm³/mol. The maximum Gasteiger partial charge on any atom is 0.179 e. The number of pyridine rings is 1. The van der Waals surface area contributed by atoms with Crippen molar-refractivity contribution in [2.24, 2.45) is 0 Å². The normalized spacial score (nSPS) is 25.3. The Morgan fingerprint density at radius 3 is 3.06 bits per heavy atom. The lowest BCUT2D eigenvalue weighted by Crippen LogP contribution is -2.00. The van der Waals surface area contributed by atoms with E-state index < -0.39 is 0 Å². The number of hydrogen-bond donors (Lipinski definition) is 2. The van der Waals surface area contributed by atoms with Gasteiger partial charge in [0.2, 0.25) is 0 Å². The average molecular weight is 218 g/mol. The van der Waals surface area contributed by atoms with E-state index >= 15 is 0 Å². The maximum absolute atomic E-state index is 5.62. The Bertz CT molecular complexity index is 522. The topological polar surface area (TPSA) is 76.8 Å². The summed E-state index contributed by atoms with van der Waals surface area (Å²) in [5.41, 5.74) is 7.24. The summed E-state index contributed by atoms with van der Waals surface area (Å²) >= 11 is 0. The van der Waals surface area contributed by atoms with Gasteiger partial charge in [0.15, 0.2) is 5.65 Å². The molecule has 16 heavy (non-hydrogen) atoms. The second kappa shape index (κ2) is 3.45. The van der Waals surface area contributed by atoms with Gasteiger partial charge in [-0.2, -0.15) is 0 Å². The molecule has 2 aromatic rings. The van der Waals surface area contributed by atoms with Crippen molar-refractivity contribution in [2.75, 3.05) is 12.3 Å². The van der Waals surface area contributed by atoms with Gasteiger partial charge in [-0.1, -0.05) is 0 Å². The Labute approximate surface area is 93.0 Å². The van der Waals surface area contributed by atoms with Gasteiger partial charge in [0.1, 0.15) is 11.6 Å². The summed E-state index contributed by atoms with van der Waals surface area (Å²) in [6.45, 7) is 2.81. The lowest BCUT2D eigenvalue weighted by atomic mass is 10.1. The summed E-state index contributed by atoms with van der Waals surface area (Å²) in [6.07, 6.45) is 1.33. The van der Waals surface area contributed by atoms with Crippen LogP contribution in [0.5, 0.6) is 0 Å². The van der Waals surface area contributed by atoms with E-state index in [4.69, 9.17) is 10.5 Å². The zero-order valence-corrected chi connectivity index (χ0v) is 9.10. The fourth-order valence-electron chi connectivity index (χ4n) is 2.13. The number of anilines is 1. The van der Waals surface area contributed by atoms with E-state index in [9.17, 15) is 0 Å². The lowest BCUT2D eigenvalue weighted by molar-refractivity contribution is 0.123. The summed E-state index contributed by atoms with van der Waals surface area (Å²) < 4.78 is 5.53. The van der Waals surface area contributed by atoms with Crippen LogP contribution < -0.4 is 5.73 Å². The zero-order chi connectivity index (χ0) is 11.1. The molecular formula is C11H14N4O. The van der Waals surface area contributed by atoms with E-state index in [2.05, 4.69) is 21.9 Å². The maximum atomic E-state index is 5.62. The third-order valence-electron chi connectivity index (χ3n) is 2.97. The summed E-state index contributed by atoms with van der Waals surface area (Å²) in [4.78, 5) is 11.9. The highest BCUT2D eigenvalue weighted by molar-refractivity contribution is 5.72. The molecule has 2 aromatic heterocycles. The van der Waals surface area contributed by atoms with Gasteiger partial charge in [-0.3, -0.25) is 0 Å². The fraction of sp³-hybridized carbons (Fsp3) is 0.455. The van der Waals surface area contributed by atoms with Crippen LogP contribution in [-0.4, -0.2) is 27.7 Å². The second-order valence-corrected chi connectivity index (χ2v) is 4.31. The molecule has 1 aliphatic rings. The summed E-state index contributed by atoms with van der Waals surface area (Å²) in [7, 11) is 0. The van der Waals surface area contributed by atoms with Gasteiger partial charge < -0.3 is 15.5 Å². The molecule has 84 valence electrons. The third kappa shape index (κ3) is 1.53. The molecule has 0 aliphatic carbocycles. The van der Waals surface area contributed by atoms with Crippen molar-refractivity contribution in [3.8, 4) is 0 Å². The van der Waals surface area contributed by atoms with Crippen molar-refractivity contribution in [3.63, 3.8) is 0 Å². The summed E-state index contributed by atoms with van der Waals surface area (Å²) in [5, 5.41) is 0. The van der Waals surface area contributed by atoms with Crippen molar-refractivity contribution < 1.29 is 4.74 Å². The van der Waals surface area contributed by atoms with E-state index in [0.29, 0.717) is 23.5 Å². The molecule has 0 radical (unpaired) electrons. The molecule has 2 atom stereocenters. The van der Waals surface area contributed by atoms with Crippen molar-refractivity contribution in [3.05, 3.63) is 18.0 Å². The van der Waals surface area contributed by atoms with Crippen molar-refractivity contribution in [1.29, 1.82) is 0 Å². The van der Waals surface area contributed by atoms with Crippen molar-refractivity contribution in [2.45, 2.75) is 25.4 Å². The zero-order valence-electron chi connectivity index (χ0n) is 9.10. The highest BCUT2D eigenvalue weighted by atomic mass is 16.5. The Balaban J connectivity index is 1.99. The quantitative estimate of drug-likeness (QED) is 0.759. The number of nitrogen functional groups attached to an aromatic ring is 1. The van der Waals surface area contributed by atoms with Crippen LogP contribution in [0.1, 0.15) is 25.1 Å². The van der Waals surface area contributed by atoms with E-state index in [0.717, 1.165) is 24.4 Å². The number of aromatic nitrogens is 3. The first kappa shape index (κ1) is 9.59. The van der Waals surface area contributed by atoms with Crippen molar-refractivity contribution >= 4 is 17.0 Å². The van der Waals surface area contributed by atoms with Crippen LogP contribution >= 0.6 is 0 Å². The smallest absolute Gasteiger partial charge is 0.179 e. The van der Waals surface area contributed by atoms with E-state index in [-0.39, 0.29) is 0 Å². The average Bonchev–Trinajstić information content (AvgIpc) is 2.83. The first-order chi connectivity index (χ1) is 7.72. The Morgan fingerprint density at radius 2 is 2.31 bits per heavy atom. The Hall–Kier alpha value is -1.62. The molecule has 0 bridgehead atoms. The number of H-pyrrole nitrogens is 1. The number of nitrogens with one attached hydrogen (secondary N) is 1. The number of aromatic amines is 1. The minimum Gasteiger partial charge on any atom is -0.384 e. The minimum absolute atomic E-state index is 0.316. The number of nitrogens with zero attached hydrogens (tertiary/aromatic N) is 2. The molecule has 0 spiro atoms. The van der Waals surface area contributed by atoms with Gasteiger partial charge in [-0.25, -0.2) is 9.97 Å². The lowest BCUT2D eigenvalue weighted by Gasteiger charge is -2.01. The molecule has 3 N–H and O–H groups in total. The predicted octanol–water partition coefficient (Wildman–Crippen LogP) is 1.43. The number of fused-ring (bicyclic) bond motifs is 1. The molecule has 1 aliphatic heterocycles. The highest BCUT2D eigenvalue weighted by Gasteiger charge is 2.26. The first-order valence-corrected chi connectivity index (χ1v) is 5.46. The van der Waals surface area contributed by atoms with Crippen LogP contribution in [0.3, 0.4) is 0 Å². The van der Waals surface area contributed by atoms with E-state index in [1.54, 1.807) is 6.07 Å². The molecule has 1 saturated heterocycles. The largest absolute Gasteiger partial charge is 0.384 e. The molecule has 3 rings (SSSR count). The fourth-order valence-corrected chi connectivity index (χ4v) is 2.13. The number of hydrogen-bond acceptors (Lipinski definition) is 4. The van der Waals surface area contributed by atoms with E-state index in [1.807, 2.05) is 6.07 Å². The molecule has 1 fully saturated rings. The SMILES string of the molecule is CC1CC(c2nc3nc(N)ccc3[nH]2)CO1. The molecular weight excluding hydrogens is 204 g/mol. The molecule has 3 heterocycles. The number of nitrogens with two attached hydrogens (primary N) is 1. The van der Waals surface area contributed by atoms with Crippen LogP contribution in [0.15, 0.2) is 12.1 Å². The van der Waals surface area contributed by atoms with Gasteiger partial charge in [0, 0.05) is 5.92 Å². The van der Waals surface area contributed by atoms with E-state index in [1.165, 1.54) is 0 Å². The molecule has 0 amide bonds. The van der Waals surface area contributed by atoms with Crippen LogP contribution in [0.2, 0.25) is 0 Å². The Kier molecular flexibility index (Phi) is 2.07. The first-order valence-electron chi connectivity index (χ1n) is 5.46. The van der Waals surface area contributed by atoms with Crippen LogP contribution in [0.4, 0.5) is 5.82 Å². The third-order valence-corrected chi connectivity index (χ3v) is 2.97. The number of ether oxygens (including phenoxy) is 1. The van der Waals surface area contributed by atoms with Crippen LogP contribution in [0, 0.1) is 0 Å². The van der Waals surface area contributed by atoms with Crippen LogP contribution in [0.25, 0.3) is 11.2 Å². The summed E-state index contributed by atoms with van der Waals surface area (Å²) in [6, 6.07) is 3.69.